The Kier molecular flexibility index (Phi) is 4.51. The normalized spacial score (nSPS) is 12.2. The number of aryl methyl sites for hydroxylation is 1. The van der Waals surface area contributed by atoms with Crippen molar-refractivity contribution < 1.29 is 9.50 Å². The van der Waals surface area contributed by atoms with Crippen LogP contribution in [0.1, 0.15) is 11.7 Å². The summed E-state index contributed by atoms with van der Waals surface area (Å²) in [4.78, 5) is 11.6. The first kappa shape index (κ1) is 14.7. The SMILES string of the molecule is Cn1ncc(NCC(O)c2ccccc2F)c(Br)c1=O. The molecule has 2 aromatic rings. The summed E-state index contributed by atoms with van der Waals surface area (Å²) in [7, 11) is 1.53. The van der Waals surface area contributed by atoms with Crippen molar-refractivity contribution in [3.05, 3.63) is 56.7 Å². The van der Waals surface area contributed by atoms with Gasteiger partial charge in [-0.25, -0.2) is 9.07 Å². The van der Waals surface area contributed by atoms with Gasteiger partial charge >= 0.3 is 0 Å². The van der Waals surface area contributed by atoms with E-state index in [1.165, 1.54) is 30.1 Å². The van der Waals surface area contributed by atoms with Crippen molar-refractivity contribution in [3.8, 4) is 0 Å². The zero-order valence-electron chi connectivity index (χ0n) is 10.7. The van der Waals surface area contributed by atoms with E-state index >= 15 is 0 Å². The van der Waals surface area contributed by atoms with Crippen LogP contribution in [0, 0.1) is 5.82 Å². The Bertz CT molecular complexity index is 675. The predicted octanol–water partition coefficient (Wildman–Crippen LogP) is 1.83. The molecule has 5 nitrogen and oxygen atoms in total. The summed E-state index contributed by atoms with van der Waals surface area (Å²) in [6.45, 7) is 0.0639. The maximum absolute atomic E-state index is 13.5. The van der Waals surface area contributed by atoms with E-state index in [4.69, 9.17) is 0 Å². The van der Waals surface area contributed by atoms with Crippen LogP contribution in [-0.4, -0.2) is 21.4 Å². The highest BCUT2D eigenvalue weighted by Gasteiger charge is 2.13. The van der Waals surface area contributed by atoms with Gasteiger partial charge in [0.1, 0.15) is 10.3 Å². The second-order valence-corrected chi connectivity index (χ2v) is 5.01. The minimum Gasteiger partial charge on any atom is -0.386 e. The van der Waals surface area contributed by atoms with Gasteiger partial charge in [-0.3, -0.25) is 4.79 Å². The number of halogens is 2. The third-order valence-electron chi connectivity index (χ3n) is 2.83. The molecule has 106 valence electrons. The van der Waals surface area contributed by atoms with Crippen molar-refractivity contribution in [3.63, 3.8) is 0 Å². The Morgan fingerprint density at radius 2 is 2.20 bits per heavy atom. The van der Waals surface area contributed by atoms with Gasteiger partial charge in [0.05, 0.1) is 18.0 Å². The van der Waals surface area contributed by atoms with Crippen molar-refractivity contribution >= 4 is 21.6 Å². The number of hydrogen-bond donors (Lipinski definition) is 2. The number of aromatic nitrogens is 2. The van der Waals surface area contributed by atoms with Crippen LogP contribution in [0.15, 0.2) is 39.7 Å². The van der Waals surface area contributed by atoms with Gasteiger partial charge in [-0.05, 0) is 22.0 Å². The molecule has 1 aromatic carbocycles. The molecule has 1 aromatic heterocycles. The number of anilines is 1. The van der Waals surface area contributed by atoms with Gasteiger partial charge in [0, 0.05) is 19.2 Å². The molecule has 0 saturated heterocycles. The van der Waals surface area contributed by atoms with E-state index in [0.717, 1.165) is 0 Å². The molecule has 0 aliphatic rings. The first-order chi connectivity index (χ1) is 9.50. The zero-order chi connectivity index (χ0) is 14.7. The number of benzene rings is 1. The van der Waals surface area contributed by atoms with E-state index in [1.54, 1.807) is 12.1 Å². The smallest absolute Gasteiger partial charge is 0.282 e. The highest BCUT2D eigenvalue weighted by Crippen LogP contribution is 2.20. The molecule has 20 heavy (non-hydrogen) atoms. The Labute approximate surface area is 123 Å². The molecule has 0 aliphatic carbocycles. The van der Waals surface area contributed by atoms with Gasteiger partial charge < -0.3 is 10.4 Å². The Hall–Kier alpha value is -1.73. The molecule has 2 N–H and O–H groups in total. The molecule has 1 unspecified atom stereocenters. The van der Waals surface area contributed by atoms with E-state index in [2.05, 4.69) is 26.3 Å². The lowest BCUT2D eigenvalue weighted by Gasteiger charge is -2.14. The van der Waals surface area contributed by atoms with Crippen molar-refractivity contribution in [2.45, 2.75) is 6.10 Å². The molecule has 0 amide bonds. The lowest BCUT2D eigenvalue weighted by atomic mass is 10.1. The van der Waals surface area contributed by atoms with Gasteiger partial charge in [0.15, 0.2) is 0 Å². The number of aliphatic hydroxyl groups excluding tert-OH is 1. The standard InChI is InChI=1S/C13H13BrFN3O2/c1-18-13(20)12(14)10(6-17-18)16-7-11(19)8-4-2-3-5-9(8)15/h2-6,11,16,19H,7H2,1H3. The van der Waals surface area contributed by atoms with E-state index in [-0.39, 0.29) is 17.7 Å². The fourth-order valence-corrected chi connectivity index (χ4v) is 2.20. The molecule has 0 aliphatic heterocycles. The fraction of sp³-hybridized carbons (Fsp3) is 0.231. The first-order valence-electron chi connectivity index (χ1n) is 5.89. The topological polar surface area (TPSA) is 67.2 Å². The van der Waals surface area contributed by atoms with E-state index < -0.39 is 11.9 Å². The molecule has 0 saturated carbocycles. The largest absolute Gasteiger partial charge is 0.386 e. The molecular weight excluding hydrogens is 329 g/mol. The van der Waals surface area contributed by atoms with Crippen LogP contribution >= 0.6 is 15.9 Å². The first-order valence-corrected chi connectivity index (χ1v) is 6.68. The summed E-state index contributed by atoms with van der Waals surface area (Å²) in [5, 5.41) is 16.7. The molecule has 2 rings (SSSR count). The third-order valence-corrected chi connectivity index (χ3v) is 3.59. The van der Waals surface area contributed by atoms with E-state index in [9.17, 15) is 14.3 Å². The van der Waals surface area contributed by atoms with Gasteiger partial charge in [-0.1, -0.05) is 18.2 Å². The lowest BCUT2D eigenvalue weighted by Crippen LogP contribution is -2.22. The van der Waals surface area contributed by atoms with Crippen LogP contribution in [0.25, 0.3) is 0 Å². The van der Waals surface area contributed by atoms with E-state index in [1.807, 2.05) is 0 Å². The molecule has 0 spiro atoms. The average molecular weight is 342 g/mol. The van der Waals surface area contributed by atoms with Crippen LogP contribution < -0.4 is 10.9 Å². The summed E-state index contributed by atoms with van der Waals surface area (Å²) in [6, 6.07) is 6.01. The highest BCUT2D eigenvalue weighted by molar-refractivity contribution is 9.10. The molecule has 7 heteroatoms. The number of aliphatic hydroxyl groups is 1. The maximum atomic E-state index is 13.5. The number of hydrogen-bond acceptors (Lipinski definition) is 4. The van der Waals surface area contributed by atoms with Crippen molar-refractivity contribution in [1.82, 2.24) is 9.78 Å². The van der Waals surface area contributed by atoms with Gasteiger partial charge in [-0.15, -0.1) is 0 Å². The summed E-state index contributed by atoms with van der Waals surface area (Å²) in [6.07, 6.45) is 0.437. The van der Waals surface area contributed by atoms with Gasteiger partial charge in [0.25, 0.3) is 5.56 Å². The number of rotatable bonds is 4. The van der Waals surface area contributed by atoms with Crippen LogP contribution in [-0.2, 0) is 7.05 Å². The maximum Gasteiger partial charge on any atom is 0.282 e. The zero-order valence-corrected chi connectivity index (χ0v) is 12.3. The summed E-state index contributed by atoms with van der Waals surface area (Å²) in [5.74, 6) is -0.469. The van der Waals surface area contributed by atoms with Crippen molar-refractivity contribution in [2.24, 2.45) is 7.05 Å². The Morgan fingerprint density at radius 3 is 2.90 bits per heavy atom. The van der Waals surface area contributed by atoms with Gasteiger partial charge in [-0.2, -0.15) is 5.10 Å². The minimum atomic E-state index is -1.02. The predicted molar refractivity (Wildman–Crippen MR) is 77.0 cm³/mol. The average Bonchev–Trinajstić information content (AvgIpc) is 2.44. The third kappa shape index (κ3) is 3.05. The monoisotopic (exact) mass is 341 g/mol. The molecule has 1 heterocycles. The molecule has 0 fully saturated rings. The second kappa shape index (κ2) is 6.15. The quantitative estimate of drug-likeness (QED) is 0.890. The molecule has 0 radical (unpaired) electrons. The molecule has 0 bridgehead atoms. The van der Waals surface area contributed by atoms with E-state index in [0.29, 0.717) is 10.2 Å². The van der Waals surface area contributed by atoms with Crippen LogP contribution in [0.2, 0.25) is 0 Å². The fourth-order valence-electron chi connectivity index (χ4n) is 1.70. The van der Waals surface area contributed by atoms with Crippen LogP contribution in [0.5, 0.6) is 0 Å². The lowest BCUT2D eigenvalue weighted by molar-refractivity contribution is 0.186. The summed E-state index contributed by atoms with van der Waals surface area (Å²) >= 11 is 3.16. The minimum absolute atomic E-state index is 0.0639. The Morgan fingerprint density at radius 1 is 1.50 bits per heavy atom. The molecule has 1 atom stereocenters. The number of nitrogens with one attached hydrogen (secondary N) is 1. The van der Waals surface area contributed by atoms with Crippen LogP contribution in [0.4, 0.5) is 10.1 Å². The van der Waals surface area contributed by atoms with Crippen molar-refractivity contribution in [2.75, 3.05) is 11.9 Å². The summed E-state index contributed by atoms with van der Waals surface area (Å²) in [5.41, 5.74) is 0.354. The van der Waals surface area contributed by atoms with Gasteiger partial charge in [0.2, 0.25) is 0 Å². The molecular formula is C13H13BrFN3O2. The Balaban J connectivity index is 2.12. The highest BCUT2D eigenvalue weighted by atomic mass is 79.9. The van der Waals surface area contributed by atoms with Crippen molar-refractivity contribution in [1.29, 1.82) is 0 Å². The number of nitrogens with zero attached hydrogens (tertiary/aromatic N) is 2. The van der Waals surface area contributed by atoms with Crippen LogP contribution in [0.3, 0.4) is 0 Å². The summed E-state index contributed by atoms with van der Waals surface area (Å²) < 4.78 is 15.0. The second-order valence-electron chi connectivity index (χ2n) is 4.22.